The first-order chi connectivity index (χ1) is 13.3. The molecule has 3 rings (SSSR count). The van der Waals surface area contributed by atoms with Gasteiger partial charge in [-0.15, -0.1) is 13.2 Å². The van der Waals surface area contributed by atoms with Crippen LogP contribution in [-0.4, -0.2) is 30.3 Å². The fourth-order valence-electron chi connectivity index (χ4n) is 3.23. The molecule has 0 unspecified atom stereocenters. The maximum absolute atomic E-state index is 12.4. The van der Waals surface area contributed by atoms with Gasteiger partial charge in [0, 0.05) is 23.2 Å². The Bertz CT molecular complexity index is 804. The van der Waals surface area contributed by atoms with Crippen molar-refractivity contribution < 1.29 is 22.7 Å². The predicted octanol–water partition coefficient (Wildman–Crippen LogP) is 5.09. The molecule has 150 valence electrons. The summed E-state index contributed by atoms with van der Waals surface area (Å²) in [5.74, 6) is -0.562. The Morgan fingerprint density at radius 1 is 1.14 bits per heavy atom. The van der Waals surface area contributed by atoms with Crippen molar-refractivity contribution in [3.8, 4) is 5.75 Å². The van der Waals surface area contributed by atoms with Crippen molar-refractivity contribution in [1.82, 2.24) is 4.90 Å². The topological polar surface area (TPSA) is 41.6 Å². The zero-order valence-corrected chi connectivity index (χ0v) is 15.8. The molecule has 1 fully saturated rings. The van der Waals surface area contributed by atoms with Crippen LogP contribution in [0.1, 0.15) is 18.4 Å². The molecule has 1 aliphatic rings. The van der Waals surface area contributed by atoms with Gasteiger partial charge in [-0.2, -0.15) is 0 Å². The first-order valence-electron chi connectivity index (χ1n) is 8.92. The van der Waals surface area contributed by atoms with Crippen molar-refractivity contribution in [2.24, 2.45) is 5.92 Å². The first-order valence-corrected chi connectivity index (χ1v) is 9.30. The number of rotatable bonds is 5. The van der Waals surface area contributed by atoms with Gasteiger partial charge in [0.05, 0.1) is 0 Å². The lowest BCUT2D eigenvalue weighted by Crippen LogP contribution is -2.37. The number of anilines is 1. The summed E-state index contributed by atoms with van der Waals surface area (Å²) >= 11 is 6.01. The van der Waals surface area contributed by atoms with Gasteiger partial charge < -0.3 is 10.1 Å². The van der Waals surface area contributed by atoms with Crippen LogP contribution in [0.2, 0.25) is 5.02 Å². The van der Waals surface area contributed by atoms with Crippen molar-refractivity contribution in [3.05, 3.63) is 59.1 Å². The normalized spacial score (nSPS) is 16.0. The van der Waals surface area contributed by atoms with Gasteiger partial charge in [0.15, 0.2) is 0 Å². The maximum atomic E-state index is 12.4. The van der Waals surface area contributed by atoms with Crippen LogP contribution in [0.3, 0.4) is 0 Å². The van der Waals surface area contributed by atoms with Crippen molar-refractivity contribution >= 4 is 23.2 Å². The third-order valence-corrected chi connectivity index (χ3v) is 4.84. The number of carbonyl (C=O) groups is 1. The largest absolute Gasteiger partial charge is 0.573 e. The van der Waals surface area contributed by atoms with E-state index in [1.807, 2.05) is 24.3 Å². The van der Waals surface area contributed by atoms with E-state index in [0.29, 0.717) is 10.7 Å². The Morgan fingerprint density at radius 2 is 1.82 bits per heavy atom. The highest BCUT2D eigenvalue weighted by atomic mass is 35.5. The van der Waals surface area contributed by atoms with Crippen LogP contribution < -0.4 is 10.1 Å². The summed E-state index contributed by atoms with van der Waals surface area (Å²) in [6.07, 6.45) is -3.28. The summed E-state index contributed by atoms with van der Waals surface area (Å²) in [7, 11) is 0. The summed E-state index contributed by atoms with van der Waals surface area (Å²) in [5.41, 5.74) is 1.58. The van der Waals surface area contributed by atoms with Crippen molar-refractivity contribution in [2.45, 2.75) is 25.7 Å². The Kier molecular flexibility index (Phi) is 6.46. The SMILES string of the molecule is O=C(Nc1ccc(OC(F)(F)F)cc1)C1CCN(Cc2cccc(Cl)c2)CC1. The summed E-state index contributed by atoms with van der Waals surface area (Å²) in [5, 5.41) is 3.47. The van der Waals surface area contributed by atoms with Gasteiger partial charge in [-0.25, -0.2) is 0 Å². The quantitative estimate of drug-likeness (QED) is 0.743. The van der Waals surface area contributed by atoms with Crippen LogP contribution in [0.4, 0.5) is 18.9 Å². The van der Waals surface area contributed by atoms with E-state index in [2.05, 4.69) is 15.0 Å². The van der Waals surface area contributed by atoms with E-state index in [1.54, 1.807) is 0 Å². The zero-order valence-electron chi connectivity index (χ0n) is 15.0. The smallest absolute Gasteiger partial charge is 0.406 e. The second-order valence-electron chi connectivity index (χ2n) is 6.74. The van der Waals surface area contributed by atoms with E-state index >= 15 is 0 Å². The van der Waals surface area contributed by atoms with Gasteiger partial charge in [-0.05, 0) is 67.9 Å². The van der Waals surface area contributed by atoms with E-state index in [9.17, 15) is 18.0 Å². The van der Waals surface area contributed by atoms with Crippen molar-refractivity contribution in [2.75, 3.05) is 18.4 Å². The molecule has 1 aliphatic heterocycles. The number of halogens is 4. The van der Waals surface area contributed by atoms with Gasteiger partial charge >= 0.3 is 6.36 Å². The van der Waals surface area contributed by atoms with Gasteiger partial charge in [0.2, 0.25) is 5.91 Å². The monoisotopic (exact) mass is 412 g/mol. The number of hydrogen-bond donors (Lipinski definition) is 1. The maximum Gasteiger partial charge on any atom is 0.573 e. The molecule has 1 amide bonds. The lowest BCUT2D eigenvalue weighted by molar-refractivity contribution is -0.274. The summed E-state index contributed by atoms with van der Waals surface area (Å²) < 4.78 is 40.4. The van der Waals surface area contributed by atoms with E-state index in [4.69, 9.17) is 11.6 Å². The fraction of sp³-hybridized carbons (Fsp3) is 0.350. The summed E-state index contributed by atoms with van der Waals surface area (Å²) in [6.45, 7) is 2.38. The number of ether oxygens (including phenoxy) is 1. The van der Waals surface area contributed by atoms with Gasteiger partial charge in [-0.3, -0.25) is 9.69 Å². The minimum atomic E-state index is -4.73. The standard InChI is InChI=1S/C20H20ClF3N2O2/c21-16-3-1-2-14(12-16)13-26-10-8-15(9-11-26)19(27)25-17-4-6-18(7-5-17)28-20(22,23)24/h1-7,12,15H,8-11,13H2,(H,25,27). The third kappa shape index (κ3) is 6.14. The molecule has 0 atom stereocenters. The number of amides is 1. The number of carbonyl (C=O) groups excluding carboxylic acids is 1. The molecule has 28 heavy (non-hydrogen) atoms. The second kappa shape index (κ2) is 8.84. The fourth-order valence-corrected chi connectivity index (χ4v) is 3.44. The molecule has 0 bridgehead atoms. The van der Waals surface area contributed by atoms with Gasteiger partial charge in [-0.1, -0.05) is 23.7 Å². The molecule has 0 radical (unpaired) electrons. The minimum Gasteiger partial charge on any atom is -0.406 e. The number of hydrogen-bond acceptors (Lipinski definition) is 3. The number of nitrogens with zero attached hydrogens (tertiary/aromatic N) is 1. The summed E-state index contributed by atoms with van der Waals surface area (Å²) in [4.78, 5) is 14.7. The van der Waals surface area contributed by atoms with Crippen LogP contribution >= 0.6 is 11.6 Å². The molecular formula is C20H20ClF3N2O2. The van der Waals surface area contributed by atoms with E-state index in [0.717, 1.165) is 38.0 Å². The van der Waals surface area contributed by atoms with Crippen molar-refractivity contribution in [3.63, 3.8) is 0 Å². The first kappa shape index (κ1) is 20.5. The van der Waals surface area contributed by atoms with Crippen LogP contribution in [0, 0.1) is 5.92 Å². The molecule has 0 saturated carbocycles. The highest BCUT2D eigenvalue weighted by Gasteiger charge is 2.31. The molecule has 2 aromatic rings. The zero-order chi connectivity index (χ0) is 20.1. The van der Waals surface area contributed by atoms with Crippen LogP contribution in [-0.2, 0) is 11.3 Å². The molecule has 1 saturated heterocycles. The van der Waals surface area contributed by atoms with E-state index in [-0.39, 0.29) is 17.6 Å². The Morgan fingerprint density at radius 3 is 2.43 bits per heavy atom. The average molecular weight is 413 g/mol. The number of nitrogens with one attached hydrogen (secondary N) is 1. The molecule has 2 aromatic carbocycles. The summed E-state index contributed by atoms with van der Waals surface area (Å²) in [6, 6.07) is 12.9. The van der Waals surface area contributed by atoms with Crippen LogP contribution in [0.25, 0.3) is 0 Å². The predicted molar refractivity (Wildman–Crippen MR) is 101 cm³/mol. The Hall–Kier alpha value is -2.25. The minimum absolute atomic E-state index is 0.119. The number of piperidine rings is 1. The van der Waals surface area contributed by atoms with Crippen LogP contribution in [0.5, 0.6) is 5.75 Å². The molecular weight excluding hydrogens is 393 g/mol. The second-order valence-corrected chi connectivity index (χ2v) is 7.18. The highest BCUT2D eigenvalue weighted by molar-refractivity contribution is 6.30. The lowest BCUT2D eigenvalue weighted by atomic mass is 9.95. The number of benzene rings is 2. The number of alkyl halides is 3. The molecule has 8 heteroatoms. The van der Waals surface area contributed by atoms with Gasteiger partial charge in [0.1, 0.15) is 5.75 Å². The van der Waals surface area contributed by atoms with E-state index < -0.39 is 6.36 Å². The molecule has 4 nitrogen and oxygen atoms in total. The molecule has 0 spiro atoms. The third-order valence-electron chi connectivity index (χ3n) is 4.61. The van der Waals surface area contributed by atoms with Gasteiger partial charge in [0.25, 0.3) is 0 Å². The lowest BCUT2D eigenvalue weighted by Gasteiger charge is -2.31. The molecule has 1 heterocycles. The Balaban J connectivity index is 1.47. The average Bonchev–Trinajstić information content (AvgIpc) is 2.63. The molecule has 0 aromatic heterocycles. The molecule has 0 aliphatic carbocycles. The molecule has 1 N–H and O–H groups in total. The Labute approximate surface area is 166 Å². The van der Waals surface area contributed by atoms with Crippen LogP contribution in [0.15, 0.2) is 48.5 Å². The number of likely N-dealkylation sites (tertiary alicyclic amines) is 1. The van der Waals surface area contributed by atoms with Crippen molar-refractivity contribution in [1.29, 1.82) is 0 Å². The van der Waals surface area contributed by atoms with E-state index in [1.165, 1.54) is 24.3 Å². The highest BCUT2D eigenvalue weighted by Crippen LogP contribution is 2.25.